The maximum absolute atomic E-state index is 12.3. The zero-order valence-corrected chi connectivity index (χ0v) is 19.0. The second-order valence-corrected chi connectivity index (χ2v) is 9.46. The molecule has 0 saturated carbocycles. The van der Waals surface area contributed by atoms with Gasteiger partial charge in [0.25, 0.3) is 0 Å². The minimum absolute atomic E-state index is 0.0636. The molecule has 1 N–H and O–H groups in total. The summed E-state index contributed by atoms with van der Waals surface area (Å²) in [5.41, 5.74) is 2.52. The van der Waals surface area contributed by atoms with Gasteiger partial charge in [-0.25, -0.2) is 9.78 Å². The van der Waals surface area contributed by atoms with Gasteiger partial charge in [-0.2, -0.15) is 4.98 Å². The molecule has 1 aromatic carbocycles. The number of hydrogen-bond acceptors (Lipinski definition) is 6. The first-order chi connectivity index (χ1) is 14.7. The first-order valence-corrected chi connectivity index (χ1v) is 11.1. The number of anilines is 1. The van der Waals surface area contributed by atoms with Crippen LogP contribution < -0.4 is 4.90 Å². The van der Waals surface area contributed by atoms with Crippen LogP contribution in [0.25, 0.3) is 16.5 Å². The molecule has 2 aliphatic heterocycles. The Bertz CT molecular complexity index is 1020. The number of halogens is 1. The number of rotatable bonds is 3. The van der Waals surface area contributed by atoms with Crippen molar-refractivity contribution in [2.45, 2.75) is 51.7 Å². The highest BCUT2D eigenvalue weighted by atomic mass is 35.5. The Balaban J connectivity index is 1.58. The largest absolute Gasteiger partial charge is 0.444 e. The van der Waals surface area contributed by atoms with Crippen molar-refractivity contribution < 1.29 is 14.6 Å². The second kappa shape index (κ2) is 8.63. The highest BCUT2D eigenvalue weighted by Crippen LogP contribution is 2.33. The van der Waals surface area contributed by atoms with Crippen molar-refractivity contribution in [2.75, 3.05) is 31.1 Å². The van der Waals surface area contributed by atoms with Gasteiger partial charge in [0.05, 0.1) is 18.2 Å². The van der Waals surface area contributed by atoms with Crippen molar-refractivity contribution in [3.8, 4) is 0 Å². The third-order valence-corrected chi connectivity index (χ3v) is 5.91. The minimum atomic E-state index is -0.500. The number of nitrogens with zero attached hydrogens (tertiary/aromatic N) is 4. The number of amides is 1. The molecule has 31 heavy (non-hydrogen) atoms. The molecular weight excluding hydrogens is 416 g/mol. The molecule has 1 aromatic heterocycles. The van der Waals surface area contributed by atoms with E-state index in [0.717, 1.165) is 48.1 Å². The molecule has 166 valence electrons. The van der Waals surface area contributed by atoms with Crippen LogP contribution in [0.1, 0.15) is 45.6 Å². The van der Waals surface area contributed by atoms with E-state index in [9.17, 15) is 9.90 Å². The molecule has 4 rings (SSSR count). The molecule has 3 heterocycles. The Hall–Kier alpha value is -2.38. The van der Waals surface area contributed by atoms with Gasteiger partial charge < -0.3 is 19.6 Å². The van der Waals surface area contributed by atoms with Crippen LogP contribution >= 0.6 is 11.6 Å². The Morgan fingerprint density at radius 2 is 2.10 bits per heavy atom. The Morgan fingerprint density at radius 1 is 1.29 bits per heavy atom. The fourth-order valence-electron chi connectivity index (χ4n) is 4.23. The lowest BCUT2D eigenvalue weighted by Crippen LogP contribution is -2.39. The van der Waals surface area contributed by atoms with Crippen molar-refractivity contribution >= 4 is 40.0 Å². The Labute approximate surface area is 187 Å². The minimum Gasteiger partial charge on any atom is -0.444 e. The summed E-state index contributed by atoms with van der Waals surface area (Å²) in [5.74, 6) is 0.784. The lowest BCUT2D eigenvalue weighted by Gasteiger charge is -2.29. The summed E-state index contributed by atoms with van der Waals surface area (Å²) < 4.78 is 5.47. The fourth-order valence-corrected chi connectivity index (χ4v) is 4.40. The van der Waals surface area contributed by atoms with Gasteiger partial charge in [0.15, 0.2) is 0 Å². The average Bonchev–Trinajstić information content (AvgIpc) is 3.20. The number of ether oxygens (including phenoxy) is 1. The summed E-state index contributed by atoms with van der Waals surface area (Å²) in [4.78, 5) is 25.1. The van der Waals surface area contributed by atoms with E-state index in [1.807, 2.05) is 32.9 Å². The molecule has 0 unspecified atom stereocenters. The predicted molar refractivity (Wildman–Crippen MR) is 122 cm³/mol. The molecule has 2 aliphatic rings. The molecule has 8 heteroatoms. The van der Waals surface area contributed by atoms with Crippen molar-refractivity contribution in [1.82, 2.24) is 14.9 Å². The summed E-state index contributed by atoms with van der Waals surface area (Å²) >= 11 is 6.25. The van der Waals surface area contributed by atoms with Gasteiger partial charge in [-0.3, -0.25) is 0 Å². The third-order valence-electron chi connectivity index (χ3n) is 5.74. The molecule has 0 bridgehead atoms. The van der Waals surface area contributed by atoms with Gasteiger partial charge in [-0.1, -0.05) is 12.1 Å². The van der Waals surface area contributed by atoms with E-state index in [2.05, 4.69) is 27.0 Å². The van der Waals surface area contributed by atoms with Crippen LogP contribution in [-0.4, -0.2) is 64.0 Å². The predicted octanol–water partition coefficient (Wildman–Crippen LogP) is 4.27. The lowest BCUT2D eigenvalue weighted by molar-refractivity contribution is 0.0270. The maximum Gasteiger partial charge on any atom is 0.410 e. The van der Waals surface area contributed by atoms with E-state index < -0.39 is 5.60 Å². The van der Waals surface area contributed by atoms with Crippen LogP contribution in [0.2, 0.25) is 5.28 Å². The zero-order chi connectivity index (χ0) is 22.2. The summed E-state index contributed by atoms with van der Waals surface area (Å²) in [6, 6.07) is 6.20. The quantitative estimate of drug-likeness (QED) is 0.712. The molecule has 1 atom stereocenters. The second-order valence-electron chi connectivity index (χ2n) is 9.13. The molecule has 1 saturated heterocycles. The summed E-state index contributed by atoms with van der Waals surface area (Å²) in [7, 11) is 0. The zero-order valence-electron chi connectivity index (χ0n) is 18.3. The molecule has 7 nitrogen and oxygen atoms in total. The molecule has 0 aliphatic carbocycles. The highest BCUT2D eigenvalue weighted by molar-refractivity contribution is 6.28. The van der Waals surface area contributed by atoms with Crippen LogP contribution in [0.4, 0.5) is 10.6 Å². The van der Waals surface area contributed by atoms with Crippen molar-refractivity contribution in [1.29, 1.82) is 0 Å². The highest BCUT2D eigenvalue weighted by Gasteiger charge is 2.28. The van der Waals surface area contributed by atoms with E-state index in [1.165, 1.54) is 5.57 Å². The standard InChI is InChI=1S/C23H29ClN4O3/c1-23(2,3)31-22(30)27-11-8-15(9-12-27)16-6-7-18-19(13-16)25-21(24)26-20(18)28-10-4-5-17(28)14-29/h6-8,13,17,29H,4-5,9-12,14H2,1-3H3/t17-/m0/s1. The van der Waals surface area contributed by atoms with Gasteiger partial charge in [-0.05, 0) is 74.9 Å². The molecule has 1 fully saturated rings. The van der Waals surface area contributed by atoms with Crippen LogP contribution in [0.3, 0.4) is 0 Å². The van der Waals surface area contributed by atoms with Gasteiger partial charge in [0.2, 0.25) is 5.28 Å². The summed E-state index contributed by atoms with van der Waals surface area (Å²) in [6.45, 7) is 7.69. The molecule has 0 radical (unpaired) electrons. The summed E-state index contributed by atoms with van der Waals surface area (Å²) in [5, 5.41) is 10.9. The average molecular weight is 445 g/mol. The Kier molecular flexibility index (Phi) is 6.08. The van der Waals surface area contributed by atoms with Crippen LogP contribution in [-0.2, 0) is 4.74 Å². The van der Waals surface area contributed by atoms with Gasteiger partial charge >= 0.3 is 6.09 Å². The van der Waals surface area contributed by atoms with E-state index in [4.69, 9.17) is 16.3 Å². The van der Waals surface area contributed by atoms with Crippen LogP contribution in [0.5, 0.6) is 0 Å². The number of hydrogen-bond donors (Lipinski definition) is 1. The van der Waals surface area contributed by atoms with Crippen molar-refractivity contribution in [3.05, 3.63) is 35.1 Å². The van der Waals surface area contributed by atoms with Gasteiger partial charge in [-0.15, -0.1) is 0 Å². The number of fused-ring (bicyclic) bond motifs is 1. The fraction of sp³-hybridized carbons (Fsp3) is 0.522. The number of carbonyl (C=O) groups excluding carboxylic acids is 1. The number of carbonyl (C=O) groups is 1. The summed E-state index contributed by atoms with van der Waals surface area (Å²) in [6.07, 6.45) is 4.50. The van der Waals surface area contributed by atoms with Gasteiger partial charge in [0.1, 0.15) is 11.4 Å². The maximum atomic E-state index is 12.3. The van der Waals surface area contributed by atoms with Crippen LogP contribution in [0.15, 0.2) is 24.3 Å². The number of aromatic nitrogens is 2. The normalized spacial score (nSPS) is 19.6. The lowest BCUT2D eigenvalue weighted by atomic mass is 9.98. The first kappa shape index (κ1) is 21.8. The molecule has 1 amide bonds. The van der Waals surface area contributed by atoms with Crippen molar-refractivity contribution in [3.63, 3.8) is 0 Å². The van der Waals surface area contributed by atoms with E-state index in [1.54, 1.807) is 4.90 Å². The molecule has 0 spiro atoms. The first-order valence-electron chi connectivity index (χ1n) is 10.8. The third kappa shape index (κ3) is 4.77. The monoisotopic (exact) mass is 444 g/mol. The molecule has 2 aromatic rings. The topological polar surface area (TPSA) is 78.8 Å². The van der Waals surface area contributed by atoms with E-state index in [-0.39, 0.29) is 24.0 Å². The van der Waals surface area contributed by atoms with Crippen LogP contribution in [0, 0.1) is 0 Å². The van der Waals surface area contributed by atoms with Crippen molar-refractivity contribution in [2.24, 2.45) is 0 Å². The SMILES string of the molecule is CC(C)(C)OC(=O)N1CC=C(c2ccc3c(N4CCC[C@H]4CO)nc(Cl)nc3c2)CC1. The molecular formula is C23H29ClN4O3. The smallest absolute Gasteiger partial charge is 0.410 e. The number of benzene rings is 1. The van der Waals surface area contributed by atoms with E-state index >= 15 is 0 Å². The Morgan fingerprint density at radius 3 is 2.77 bits per heavy atom. The van der Waals surface area contributed by atoms with E-state index in [0.29, 0.717) is 13.1 Å². The van der Waals surface area contributed by atoms with Gasteiger partial charge in [0, 0.05) is 25.0 Å². The number of aliphatic hydroxyl groups is 1. The number of aliphatic hydroxyl groups excluding tert-OH is 1.